The molecule has 0 bridgehead atoms. The Morgan fingerprint density at radius 3 is 2.55 bits per heavy atom. The number of hydrogen-bond donors (Lipinski definition) is 1. The van der Waals surface area contributed by atoms with Crippen LogP contribution in [0, 0.1) is 0 Å². The molecule has 1 aromatic rings. The normalized spacial score (nSPS) is 10.6. The van der Waals surface area contributed by atoms with Crippen LogP contribution >= 0.6 is 11.6 Å². The van der Waals surface area contributed by atoms with Crippen LogP contribution in [0.2, 0.25) is 5.02 Å². The number of benzene rings is 1. The van der Waals surface area contributed by atoms with Gasteiger partial charge < -0.3 is 15.1 Å². The smallest absolute Gasteiger partial charge is 0.223 e. The standard InChI is InChI=1S/C16H24ClN3O2/c1-13(21)20(15-7-4-6-14(17)12-15)11-8-16(22)18-9-5-10-19(2)3/h4,6-7,12H,5,8-11H2,1-3H3,(H,18,22). The average molecular weight is 326 g/mol. The van der Waals surface area contributed by atoms with Gasteiger partial charge in [0.05, 0.1) is 0 Å². The van der Waals surface area contributed by atoms with Gasteiger partial charge in [-0.3, -0.25) is 9.59 Å². The van der Waals surface area contributed by atoms with Crippen LogP contribution in [0.25, 0.3) is 0 Å². The number of hydrogen-bond acceptors (Lipinski definition) is 3. The molecule has 0 aliphatic rings. The molecule has 6 heteroatoms. The SMILES string of the molecule is CC(=O)N(CCC(=O)NCCCN(C)C)c1cccc(Cl)c1. The van der Waals surface area contributed by atoms with Gasteiger partial charge in [0.15, 0.2) is 0 Å². The van der Waals surface area contributed by atoms with Gasteiger partial charge >= 0.3 is 0 Å². The van der Waals surface area contributed by atoms with Crippen molar-refractivity contribution >= 4 is 29.1 Å². The van der Waals surface area contributed by atoms with E-state index in [1.54, 1.807) is 23.1 Å². The third-order valence-corrected chi connectivity index (χ3v) is 3.40. The first-order valence-corrected chi connectivity index (χ1v) is 7.73. The molecule has 22 heavy (non-hydrogen) atoms. The summed E-state index contributed by atoms with van der Waals surface area (Å²) in [7, 11) is 4.00. The van der Waals surface area contributed by atoms with Crippen LogP contribution in [-0.2, 0) is 9.59 Å². The maximum Gasteiger partial charge on any atom is 0.223 e. The van der Waals surface area contributed by atoms with E-state index in [1.807, 2.05) is 20.2 Å². The predicted octanol–water partition coefficient (Wildman–Crippen LogP) is 2.15. The first kappa shape index (κ1) is 18.5. The molecule has 0 fully saturated rings. The second-order valence-corrected chi connectivity index (χ2v) is 5.84. The molecule has 0 radical (unpaired) electrons. The summed E-state index contributed by atoms with van der Waals surface area (Å²) in [5, 5.41) is 3.43. The highest BCUT2D eigenvalue weighted by atomic mass is 35.5. The van der Waals surface area contributed by atoms with Crippen LogP contribution in [0.1, 0.15) is 19.8 Å². The van der Waals surface area contributed by atoms with Crippen molar-refractivity contribution in [3.63, 3.8) is 0 Å². The zero-order valence-electron chi connectivity index (χ0n) is 13.4. The number of carbonyl (C=O) groups excluding carboxylic acids is 2. The molecular weight excluding hydrogens is 302 g/mol. The molecule has 0 aliphatic carbocycles. The molecule has 1 rings (SSSR count). The summed E-state index contributed by atoms with van der Waals surface area (Å²) in [5.41, 5.74) is 0.709. The number of rotatable bonds is 8. The number of amides is 2. The van der Waals surface area contributed by atoms with E-state index in [9.17, 15) is 9.59 Å². The van der Waals surface area contributed by atoms with Crippen LogP contribution in [0.15, 0.2) is 24.3 Å². The lowest BCUT2D eigenvalue weighted by Gasteiger charge is -2.21. The zero-order valence-corrected chi connectivity index (χ0v) is 14.2. The minimum absolute atomic E-state index is 0.0490. The van der Waals surface area contributed by atoms with Crippen molar-refractivity contribution in [1.29, 1.82) is 0 Å². The van der Waals surface area contributed by atoms with Crippen LogP contribution in [0.3, 0.4) is 0 Å². The van der Waals surface area contributed by atoms with Gasteiger partial charge in [0.25, 0.3) is 0 Å². The topological polar surface area (TPSA) is 52.7 Å². The summed E-state index contributed by atoms with van der Waals surface area (Å²) >= 11 is 5.95. The highest BCUT2D eigenvalue weighted by molar-refractivity contribution is 6.30. The molecule has 0 unspecified atom stereocenters. The quantitative estimate of drug-likeness (QED) is 0.745. The summed E-state index contributed by atoms with van der Waals surface area (Å²) in [6, 6.07) is 7.07. The van der Waals surface area contributed by atoms with Gasteiger partial charge in [-0.2, -0.15) is 0 Å². The van der Waals surface area contributed by atoms with Crippen LogP contribution < -0.4 is 10.2 Å². The number of anilines is 1. The first-order chi connectivity index (χ1) is 10.4. The molecule has 0 saturated carbocycles. The van der Waals surface area contributed by atoms with E-state index in [-0.39, 0.29) is 18.2 Å². The van der Waals surface area contributed by atoms with E-state index in [4.69, 9.17) is 11.6 Å². The van der Waals surface area contributed by atoms with Crippen LogP contribution in [0.4, 0.5) is 5.69 Å². The second-order valence-electron chi connectivity index (χ2n) is 5.41. The Kier molecular flexibility index (Phi) is 7.91. The molecule has 1 N–H and O–H groups in total. The lowest BCUT2D eigenvalue weighted by atomic mass is 10.2. The lowest BCUT2D eigenvalue weighted by molar-refractivity contribution is -0.121. The summed E-state index contributed by atoms with van der Waals surface area (Å²) in [6.07, 6.45) is 1.18. The fourth-order valence-electron chi connectivity index (χ4n) is 2.04. The molecular formula is C16H24ClN3O2. The van der Waals surface area contributed by atoms with E-state index in [0.29, 0.717) is 23.8 Å². The number of carbonyl (C=O) groups is 2. The Labute approximate surface area is 137 Å². The van der Waals surface area contributed by atoms with Gasteiger partial charge in [-0.15, -0.1) is 0 Å². The molecule has 5 nitrogen and oxygen atoms in total. The maximum atomic E-state index is 11.8. The predicted molar refractivity (Wildman–Crippen MR) is 90.3 cm³/mol. The lowest BCUT2D eigenvalue weighted by Crippen LogP contribution is -2.34. The number of nitrogens with one attached hydrogen (secondary N) is 1. The minimum atomic E-state index is -0.109. The van der Waals surface area contributed by atoms with Crippen molar-refractivity contribution in [2.75, 3.05) is 38.6 Å². The fraction of sp³-hybridized carbons (Fsp3) is 0.500. The Morgan fingerprint density at radius 1 is 1.23 bits per heavy atom. The fourth-order valence-corrected chi connectivity index (χ4v) is 2.22. The Hall–Kier alpha value is -1.59. The molecule has 0 saturated heterocycles. The third-order valence-electron chi connectivity index (χ3n) is 3.17. The van der Waals surface area contributed by atoms with Gasteiger partial charge in [-0.25, -0.2) is 0 Å². The van der Waals surface area contributed by atoms with E-state index in [1.165, 1.54) is 6.92 Å². The Morgan fingerprint density at radius 2 is 1.95 bits per heavy atom. The first-order valence-electron chi connectivity index (χ1n) is 7.35. The summed E-state index contributed by atoms with van der Waals surface area (Å²) in [6.45, 7) is 3.40. The van der Waals surface area contributed by atoms with Gasteiger partial charge in [0, 0.05) is 37.1 Å². The minimum Gasteiger partial charge on any atom is -0.356 e. The van der Waals surface area contributed by atoms with Crippen molar-refractivity contribution in [2.45, 2.75) is 19.8 Å². The summed E-state index contributed by atoms with van der Waals surface area (Å²) < 4.78 is 0. The van der Waals surface area contributed by atoms with Crippen molar-refractivity contribution in [1.82, 2.24) is 10.2 Å². The Balaban J connectivity index is 2.45. The number of nitrogens with zero attached hydrogens (tertiary/aromatic N) is 2. The molecule has 0 heterocycles. The van der Waals surface area contributed by atoms with Gasteiger partial charge in [-0.05, 0) is 45.3 Å². The molecule has 0 aliphatic heterocycles. The van der Waals surface area contributed by atoms with Gasteiger partial charge in [-0.1, -0.05) is 17.7 Å². The van der Waals surface area contributed by atoms with Crippen molar-refractivity contribution < 1.29 is 9.59 Å². The molecule has 2 amide bonds. The summed E-state index contributed by atoms with van der Waals surface area (Å²) in [4.78, 5) is 27.2. The average Bonchev–Trinajstić information content (AvgIpc) is 2.43. The van der Waals surface area contributed by atoms with E-state index in [2.05, 4.69) is 10.2 Å². The van der Waals surface area contributed by atoms with E-state index < -0.39 is 0 Å². The summed E-state index contributed by atoms with van der Waals surface area (Å²) in [5.74, 6) is -0.158. The third kappa shape index (κ3) is 6.91. The molecule has 0 spiro atoms. The van der Waals surface area contributed by atoms with Crippen LogP contribution in [-0.4, -0.2) is 50.4 Å². The zero-order chi connectivity index (χ0) is 16.5. The van der Waals surface area contributed by atoms with Crippen LogP contribution in [0.5, 0.6) is 0 Å². The van der Waals surface area contributed by atoms with Crippen molar-refractivity contribution in [3.05, 3.63) is 29.3 Å². The monoisotopic (exact) mass is 325 g/mol. The van der Waals surface area contributed by atoms with E-state index >= 15 is 0 Å². The Bertz CT molecular complexity index is 506. The second kappa shape index (κ2) is 9.43. The molecule has 0 aromatic heterocycles. The van der Waals surface area contributed by atoms with Crippen molar-refractivity contribution in [2.24, 2.45) is 0 Å². The maximum absolute atomic E-state index is 11.8. The molecule has 122 valence electrons. The van der Waals surface area contributed by atoms with Crippen molar-refractivity contribution in [3.8, 4) is 0 Å². The number of halogens is 1. The molecule has 0 atom stereocenters. The highest BCUT2D eigenvalue weighted by Crippen LogP contribution is 2.19. The van der Waals surface area contributed by atoms with Gasteiger partial charge in [0.1, 0.15) is 0 Å². The molecule has 1 aromatic carbocycles. The highest BCUT2D eigenvalue weighted by Gasteiger charge is 2.13. The largest absolute Gasteiger partial charge is 0.356 e. The van der Waals surface area contributed by atoms with Gasteiger partial charge in [0.2, 0.25) is 11.8 Å². The van der Waals surface area contributed by atoms with E-state index in [0.717, 1.165) is 13.0 Å².